The molecule has 6 heteroatoms. The van der Waals surface area contributed by atoms with Crippen LogP contribution in [-0.4, -0.2) is 41.1 Å². The lowest BCUT2D eigenvalue weighted by Gasteiger charge is -2.20. The standard InChI is InChI=1S/C14H26N6/c1-5-20(6-2)14-18-12(15-4)17-13(19-14)16-11-8-7-10(3)9-11/h10-11H,5-9H2,1-4H3,(H2,15,16,17,18,19). The molecule has 1 fully saturated rings. The van der Waals surface area contributed by atoms with Gasteiger partial charge in [0.15, 0.2) is 0 Å². The summed E-state index contributed by atoms with van der Waals surface area (Å²) in [5.74, 6) is 2.84. The number of hydrogen-bond donors (Lipinski definition) is 2. The Morgan fingerprint density at radius 2 is 1.80 bits per heavy atom. The molecule has 0 aromatic carbocycles. The molecule has 2 atom stereocenters. The van der Waals surface area contributed by atoms with Crippen molar-refractivity contribution in [3.63, 3.8) is 0 Å². The van der Waals surface area contributed by atoms with Crippen molar-refractivity contribution in [1.29, 1.82) is 0 Å². The van der Waals surface area contributed by atoms with Crippen molar-refractivity contribution in [2.45, 2.75) is 46.1 Å². The average molecular weight is 278 g/mol. The molecule has 2 N–H and O–H groups in total. The van der Waals surface area contributed by atoms with Gasteiger partial charge in [0, 0.05) is 26.2 Å². The molecule has 0 amide bonds. The van der Waals surface area contributed by atoms with Gasteiger partial charge in [-0.2, -0.15) is 15.0 Å². The second-order valence-electron chi connectivity index (χ2n) is 5.46. The second kappa shape index (κ2) is 6.72. The van der Waals surface area contributed by atoms with Crippen LogP contribution in [0.4, 0.5) is 17.8 Å². The minimum Gasteiger partial charge on any atom is -0.357 e. The van der Waals surface area contributed by atoms with Crippen molar-refractivity contribution in [2.75, 3.05) is 35.7 Å². The third-order valence-electron chi connectivity index (χ3n) is 3.92. The van der Waals surface area contributed by atoms with Crippen LogP contribution >= 0.6 is 0 Å². The van der Waals surface area contributed by atoms with Crippen LogP contribution < -0.4 is 15.5 Å². The molecule has 1 aromatic heterocycles. The number of nitrogens with one attached hydrogen (secondary N) is 2. The highest BCUT2D eigenvalue weighted by molar-refractivity contribution is 5.43. The predicted molar refractivity (Wildman–Crippen MR) is 83.4 cm³/mol. The highest BCUT2D eigenvalue weighted by Gasteiger charge is 2.22. The van der Waals surface area contributed by atoms with E-state index in [9.17, 15) is 0 Å². The highest BCUT2D eigenvalue weighted by atomic mass is 15.3. The van der Waals surface area contributed by atoms with Gasteiger partial charge in [-0.3, -0.25) is 0 Å². The molecular weight excluding hydrogens is 252 g/mol. The third-order valence-corrected chi connectivity index (χ3v) is 3.92. The number of hydrogen-bond acceptors (Lipinski definition) is 6. The van der Waals surface area contributed by atoms with E-state index in [-0.39, 0.29) is 0 Å². The maximum Gasteiger partial charge on any atom is 0.231 e. The van der Waals surface area contributed by atoms with E-state index in [4.69, 9.17) is 0 Å². The molecular formula is C14H26N6. The first kappa shape index (κ1) is 14.8. The Morgan fingerprint density at radius 3 is 2.35 bits per heavy atom. The Kier molecular flexibility index (Phi) is 4.98. The Hall–Kier alpha value is -1.59. The van der Waals surface area contributed by atoms with Gasteiger partial charge in [-0.15, -0.1) is 0 Å². The lowest BCUT2D eigenvalue weighted by Crippen LogP contribution is -2.26. The van der Waals surface area contributed by atoms with Crippen molar-refractivity contribution in [3.05, 3.63) is 0 Å². The molecule has 2 rings (SSSR count). The fourth-order valence-corrected chi connectivity index (χ4v) is 2.71. The Morgan fingerprint density at radius 1 is 1.10 bits per heavy atom. The first-order chi connectivity index (χ1) is 9.66. The van der Waals surface area contributed by atoms with Crippen LogP contribution in [0.1, 0.15) is 40.0 Å². The van der Waals surface area contributed by atoms with E-state index in [1.807, 2.05) is 7.05 Å². The zero-order valence-corrected chi connectivity index (χ0v) is 13.0. The smallest absolute Gasteiger partial charge is 0.231 e. The molecule has 0 spiro atoms. The lowest BCUT2D eigenvalue weighted by molar-refractivity contribution is 0.601. The van der Waals surface area contributed by atoms with E-state index in [0.717, 1.165) is 25.0 Å². The lowest BCUT2D eigenvalue weighted by atomic mass is 10.1. The monoisotopic (exact) mass is 278 g/mol. The number of rotatable bonds is 6. The van der Waals surface area contributed by atoms with Crippen LogP contribution in [-0.2, 0) is 0 Å². The van der Waals surface area contributed by atoms with E-state index in [0.29, 0.717) is 17.9 Å². The van der Waals surface area contributed by atoms with Gasteiger partial charge in [-0.05, 0) is 39.0 Å². The van der Waals surface area contributed by atoms with Gasteiger partial charge in [0.25, 0.3) is 0 Å². The molecule has 2 unspecified atom stereocenters. The average Bonchev–Trinajstić information content (AvgIpc) is 2.85. The molecule has 20 heavy (non-hydrogen) atoms. The summed E-state index contributed by atoms with van der Waals surface area (Å²) in [6.07, 6.45) is 3.67. The SMILES string of the molecule is CCN(CC)c1nc(NC)nc(NC2CCC(C)C2)n1. The summed E-state index contributed by atoms with van der Waals surface area (Å²) >= 11 is 0. The van der Waals surface area contributed by atoms with Gasteiger partial charge >= 0.3 is 0 Å². The van der Waals surface area contributed by atoms with Gasteiger partial charge in [-0.1, -0.05) is 6.92 Å². The van der Waals surface area contributed by atoms with Gasteiger partial charge in [0.05, 0.1) is 0 Å². The molecule has 1 saturated carbocycles. The topological polar surface area (TPSA) is 66.0 Å². The molecule has 0 saturated heterocycles. The van der Waals surface area contributed by atoms with Gasteiger partial charge in [0.2, 0.25) is 17.8 Å². The minimum atomic E-state index is 0.488. The van der Waals surface area contributed by atoms with Gasteiger partial charge in [-0.25, -0.2) is 0 Å². The first-order valence-electron chi connectivity index (χ1n) is 7.61. The zero-order valence-electron chi connectivity index (χ0n) is 13.0. The van der Waals surface area contributed by atoms with Crippen molar-refractivity contribution >= 4 is 17.8 Å². The zero-order chi connectivity index (χ0) is 14.5. The fourth-order valence-electron chi connectivity index (χ4n) is 2.71. The molecule has 0 aliphatic heterocycles. The quantitative estimate of drug-likeness (QED) is 0.832. The van der Waals surface area contributed by atoms with E-state index in [1.54, 1.807) is 0 Å². The Labute approximate surface area is 121 Å². The van der Waals surface area contributed by atoms with Crippen LogP contribution in [0.2, 0.25) is 0 Å². The van der Waals surface area contributed by atoms with Crippen LogP contribution in [0, 0.1) is 5.92 Å². The number of aromatic nitrogens is 3. The van der Waals surface area contributed by atoms with E-state index < -0.39 is 0 Å². The van der Waals surface area contributed by atoms with E-state index in [1.165, 1.54) is 19.3 Å². The van der Waals surface area contributed by atoms with Crippen molar-refractivity contribution in [3.8, 4) is 0 Å². The predicted octanol–water partition coefficient (Wildman–Crippen LogP) is 2.36. The summed E-state index contributed by atoms with van der Waals surface area (Å²) < 4.78 is 0. The van der Waals surface area contributed by atoms with Crippen LogP contribution in [0.3, 0.4) is 0 Å². The Bertz CT molecular complexity index is 432. The van der Waals surface area contributed by atoms with Crippen molar-refractivity contribution in [1.82, 2.24) is 15.0 Å². The molecule has 1 heterocycles. The maximum atomic E-state index is 4.56. The summed E-state index contributed by atoms with van der Waals surface area (Å²) in [6, 6.07) is 0.488. The molecule has 0 bridgehead atoms. The number of nitrogens with zero attached hydrogens (tertiary/aromatic N) is 4. The Balaban J connectivity index is 2.17. The number of anilines is 3. The van der Waals surface area contributed by atoms with E-state index in [2.05, 4.69) is 51.3 Å². The summed E-state index contributed by atoms with van der Waals surface area (Å²) in [4.78, 5) is 15.6. The fraction of sp³-hybridized carbons (Fsp3) is 0.786. The summed E-state index contributed by atoms with van der Waals surface area (Å²) in [5, 5.41) is 6.48. The summed E-state index contributed by atoms with van der Waals surface area (Å²) in [7, 11) is 1.84. The van der Waals surface area contributed by atoms with Gasteiger partial charge in [0.1, 0.15) is 0 Å². The minimum absolute atomic E-state index is 0.488. The molecule has 1 aromatic rings. The van der Waals surface area contributed by atoms with E-state index >= 15 is 0 Å². The molecule has 0 radical (unpaired) electrons. The van der Waals surface area contributed by atoms with Gasteiger partial charge < -0.3 is 15.5 Å². The van der Waals surface area contributed by atoms with Crippen LogP contribution in [0.15, 0.2) is 0 Å². The van der Waals surface area contributed by atoms with Crippen molar-refractivity contribution < 1.29 is 0 Å². The maximum absolute atomic E-state index is 4.56. The molecule has 112 valence electrons. The molecule has 6 nitrogen and oxygen atoms in total. The summed E-state index contributed by atoms with van der Waals surface area (Å²) in [6.45, 7) is 8.30. The van der Waals surface area contributed by atoms with Crippen LogP contribution in [0.25, 0.3) is 0 Å². The molecule has 1 aliphatic rings. The third kappa shape index (κ3) is 3.49. The van der Waals surface area contributed by atoms with Crippen molar-refractivity contribution in [2.24, 2.45) is 5.92 Å². The molecule has 1 aliphatic carbocycles. The second-order valence-corrected chi connectivity index (χ2v) is 5.46. The largest absolute Gasteiger partial charge is 0.357 e. The van der Waals surface area contributed by atoms with Crippen LogP contribution in [0.5, 0.6) is 0 Å². The highest BCUT2D eigenvalue weighted by Crippen LogP contribution is 2.27. The summed E-state index contributed by atoms with van der Waals surface area (Å²) in [5.41, 5.74) is 0. The first-order valence-corrected chi connectivity index (χ1v) is 7.61. The normalized spacial score (nSPS) is 21.8.